The first-order valence-corrected chi connectivity index (χ1v) is 10.2. The van der Waals surface area contributed by atoms with Gasteiger partial charge in [0.15, 0.2) is 0 Å². The fourth-order valence-corrected chi connectivity index (χ4v) is 4.54. The Morgan fingerprint density at radius 2 is 2.15 bits per heavy atom. The molecule has 0 radical (unpaired) electrons. The monoisotopic (exact) mass is 450 g/mol. The van der Waals surface area contributed by atoms with Gasteiger partial charge in [-0.05, 0) is 24.6 Å². The van der Waals surface area contributed by atoms with Gasteiger partial charge in [0.2, 0.25) is 5.60 Å². The molecule has 0 spiro atoms. The number of cyclic esters (lactones) is 1. The van der Waals surface area contributed by atoms with E-state index in [9.17, 15) is 24.5 Å². The van der Waals surface area contributed by atoms with Gasteiger partial charge in [-0.15, -0.1) is 0 Å². The number of nitro groups is 1. The van der Waals surface area contributed by atoms with E-state index < -0.39 is 34.6 Å². The smallest absolute Gasteiger partial charge is 0.355 e. The Balaban J connectivity index is 1.76. The maximum absolute atomic E-state index is 13.4. The lowest BCUT2D eigenvalue weighted by atomic mass is 9.85. The predicted octanol–water partition coefficient (Wildman–Crippen LogP) is 1.50. The van der Waals surface area contributed by atoms with E-state index in [1.807, 2.05) is 0 Å². The second-order valence-electron chi connectivity index (χ2n) is 7.85. The van der Waals surface area contributed by atoms with Gasteiger partial charge in [0.25, 0.3) is 11.2 Å². The van der Waals surface area contributed by atoms with Gasteiger partial charge in [-0.3, -0.25) is 19.7 Å². The largest absolute Gasteiger partial charge is 0.457 e. The molecular formula is C22H18N4O7. The summed E-state index contributed by atoms with van der Waals surface area (Å²) in [4.78, 5) is 53.7. The summed E-state index contributed by atoms with van der Waals surface area (Å²) < 4.78 is 12.1. The molecule has 5 rings (SSSR count). The van der Waals surface area contributed by atoms with Crippen LogP contribution in [-0.2, 0) is 37.8 Å². The molecule has 0 unspecified atom stereocenters. The summed E-state index contributed by atoms with van der Waals surface area (Å²) in [6.07, 6.45) is 0.0394. The number of hydrogen-bond acceptors (Lipinski definition) is 9. The number of aromatic nitrogens is 2. The summed E-state index contributed by atoms with van der Waals surface area (Å²) >= 11 is 0. The molecule has 4 heterocycles. The lowest BCUT2D eigenvalue weighted by Gasteiger charge is -2.35. The fraction of sp³-hybridized carbons (Fsp3) is 0.273. The number of benzene rings is 1. The summed E-state index contributed by atoms with van der Waals surface area (Å²) in [6.45, 7) is 1.10. The molecule has 0 amide bonds. The van der Waals surface area contributed by atoms with Gasteiger partial charge in [0, 0.05) is 17.2 Å². The summed E-state index contributed by atoms with van der Waals surface area (Å²) in [6, 6.07) is 7.86. The lowest BCUT2D eigenvalue weighted by molar-refractivity contribution is -0.383. The third-order valence-electron chi connectivity index (χ3n) is 6.15. The second kappa shape index (κ2) is 7.20. The Labute approximate surface area is 185 Å². The molecule has 1 aromatic carbocycles. The van der Waals surface area contributed by atoms with Crippen LogP contribution in [0.15, 0.2) is 35.1 Å². The van der Waals surface area contributed by atoms with Crippen LogP contribution in [0.3, 0.4) is 0 Å². The third-order valence-corrected chi connectivity index (χ3v) is 6.15. The Kier molecular flexibility index (Phi) is 4.53. The highest BCUT2D eigenvalue weighted by Crippen LogP contribution is 2.41. The molecule has 2 aliphatic rings. The molecule has 0 saturated heterocycles. The van der Waals surface area contributed by atoms with E-state index in [-0.39, 0.29) is 36.4 Å². The van der Waals surface area contributed by atoms with Gasteiger partial charge in [-0.1, -0.05) is 13.0 Å². The van der Waals surface area contributed by atoms with Crippen molar-refractivity contribution in [1.29, 1.82) is 0 Å². The van der Waals surface area contributed by atoms with Crippen LogP contribution in [0.25, 0.3) is 22.3 Å². The number of hydrogen-bond donors (Lipinski definition) is 1. The molecule has 0 aliphatic carbocycles. The zero-order valence-electron chi connectivity index (χ0n) is 17.5. The number of nitrogens with zero attached hydrogens (tertiary/aromatic N) is 3. The van der Waals surface area contributed by atoms with Gasteiger partial charge in [-0.2, -0.15) is 0 Å². The molecule has 0 fully saturated rings. The van der Waals surface area contributed by atoms with Crippen molar-refractivity contribution in [2.75, 3.05) is 6.54 Å². The molecule has 0 bridgehead atoms. The first-order valence-electron chi connectivity index (χ1n) is 10.2. The molecule has 2 N–H and O–H groups in total. The van der Waals surface area contributed by atoms with Crippen molar-refractivity contribution in [2.24, 2.45) is 5.73 Å². The van der Waals surface area contributed by atoms with Crippen molar-refractivity contribution >= 4 is 28.5 Å². The Morgan fingerprint density at radius 3 is 2.85 bits per heavy atom. The van der Waals surface area contributed by atoms with E-state index in [0.717, 1.165) is 0 Å². The molecule has 2 aromatic heterocycles. The highest BCUT2D eigenvalue weighted by molar-refractivity contribution is 5.92. The standard InChI is InChI=1S/C22H18N4O7/c1-2-22(33-18(27)8-23)14-7-17-19-11(9-25(17)20(28)13(14)10-32-21(22)29)6-12-15(24-19)4-3-5-16(12)26(30)31/h3-7H,2,8-10,23H2,1H3/t22-/m0/s1. The van der Waals surface area contributed by atoms with Crippen molar-refractivity contribution in [3.05, 3.63) is 67.5 Å². The second-order valence-corrected chi connectivity index (χ2v) is 7.85. The van der Waals surface area contributed by atoms with E-state index in [1.54, 1.807) is 31.2 Å². The van der Waals surface area contributed by atoms with Crippen molar-refractivity contribution in [1.82, 2.24) is 9.55 Å². The number of non-ortho nitro benzene ring substituents is 1. The Bertz CT molecular complexity index is 1440. The number of fused-ring (bicyclic) bond motifs is 5. The van der Waals surface area contributed by atoms with Crippen molar-refractivity contribution < 1.29 is 24.0 Å². The maximum atomic E-state index is 13.4. The first kappa shape index (κ1) is 20.8. The van der Waals surface area contributed by atoms with Crippen molar-refractivity contribution in [3.63, 3.8) is 0 Å². The summed E-state index contributed by atoms with van der Waals surface area (Å²) in [7, 11) is 0. The van der Waals surface area contributed by atoms with Crippen LogP contribution in [0.1, 0.15) is 30.0 Å². The molecule has 11 nitrogen and oxygen atoms in total. The van der Waals surface area contributed by atoms with Crippen LogP contribution in [0.4, 0.5) is 5.69 Å². The van der Waals surface area contributed by atoms with Crippen LogP contribution < -0.4 is 11.3 Å². The van der Waals surface area contributed by atoms with Crippen LogP contribution in [0.2, 0.25) is 0 Å². The zero-order chi connectivity index (χ0) is 23.5. The highest BCUT2D eigenvalue weighted by atomic mass is 16.6. The van der Waals surface area contributed by atoms with Crippen LogP contribution in [0, 0.1) is 10.1 Å². The first-order chi connectivity index (χ1) is 15.8. The number of nitrogens with two attached hydrogens (primary N) is 1. The molecular weight excluding hydrogens is 432 g/mol. The predicted molar refractivity (Wildman–Crippen MR) is 114 cm³/mol. The Morgan fingerprint density at radius 1 is 1.36 bits per heavy atom. The number of pyridine rings is 2. The highest BCUT2D eigenvalue weighted by Gasteiger charge is 2.50. The number of esters is 2. The van der Waals surface area contributed by atoms with Gasteiger partial charge >= 0.3 is 11.9 Å². The molecule has 3 aromatic rings. The minimum Gasteiger partial charge on any atom is -0.457 e. The van der Waals surface area contributed by atoms with E-state index in [4.69, 9.17) is 15.2 Å². The van der Waals surface area contributed by atoms with Gasteiger partial charge in [0.1, 0.15) is 6.61 Å². The van der Waals surface area contributed by atoms with E-state index in [1.165, 1.54) is 10.6 Å². The number of nitro benzene ring substituents is 1. The van der Waals surface area contributed by atoms with Crippen molar-refractivity contribution in [3.8, 4) is 11.4 Å². The van der Waals surface area contributed by atoms with Crippen LogP contribution in [0.5, 0.6) is 0 Å². The molecule has 11 heteroatoms. The normalized spacial score (nSPS) is 18.3. The van der Waals surface area contributed by atoms with Gasteiger partial charge < -0.3 is 19.8 Å². The molecule has 33 heavy (non-hydrogen) atoms. The minimum atomic E-state index is -1.79. The summed E-state index contributed by atoms with van der Waals surface area (Å²) in [5.41, 5.74) is 5.48. The van der Waals surface area contributed by atoms with Crippen LogP contribution >= 0.6 is 0 Å². The average Bonchev–Trinajstić information content (AvgIpc) is 3.17. The molecule has 2 aliphatic heterocycles. The molecule has 1 atom stereocenters. The molecule has 168 valence electrons. The minimum absolute atomic E-state index is 0.0394. The number of carbonyl (C=O) groups excluding carboxylic acids is 2. The topological polar surface area (TPSA) is 157 Å². The SMILES string of the molecule is CC[C@@]1(OC(=O)CN)C(=O)OCc2c1cc1n(c2=O)Cc2cc3c([N+](=O)[O-])cccc3nc2-1. The van der Waals surface area contributed by atoms with Crippen LogP contribution in [-0.4, -0.2) is 33.0 Å². The van der Waals surface area contributed by atoms with E-state index >= 15 is 0 Å². The Hall–Kier alpha value is -4.12. The number of rotatable bonds is 4. The lowest BCUT2D eigenvalue weighted by Crippen LogP contribution is -2.48. The summed E-state index contributed by atoms with van der Waals surface area (Å²) in [5, 5.41) is 11.8. The zero-order valence-corrected chi connectivity index (χ0v) is 17.5. The van der Waals surface area contributed by atoms with Gasteiger partial charge in [-0.25, -0.2) is 9.78 Å². The van der Waals surface area contributed by atoms with E-state index in [0.29, 0.717) is 27.9 Å². The molecule has 0 saturated carbocycles. The fourth-order valence-electron chi connectivity index (χ4n) is 4.54. The van der Waals surface area contributed by atoms with Gasteiger partial charge in [0.05, 0.1) is 45.9 Å². The quantitative estimate of drug-likeness (QED) is 0.276. The average molecular weight is 450 g/mol. The number of carbonyl (C=O) groups is 2. The third kappa shape index (κ3) is 2.85. The van der Waals surface area contributed by atoms with Crippen molar-refractivity contribution in [2.45, 2.75) is 32.1 Å². The van der Waals surface area contributed by atoms with E-state index in [2.05, 4.69) is 4.98 Å². The summed E-state index contributed by atoms with van der Waals surface area (Å²) in [5.74, 6) is -1.58. The number of ether oxygens (including phenoxy) is 2. The maximum Gasteiger partial charge on any atom is 0.355 e.